The molecule has 1 N–H and O–H groups in total. The first-order valence-corrected chi connectivity index (χ1v) is 16.7. The van der Waals surface area contributed by atoms with E-state index in [9.17, 15) is 9.90 Å². The zero-order chi connectivity index (χ0) is 35.0. The summed E-state index contributed by atoms with van der Waals surface area (Å²) in [5.74, 6) is 0.104. The topological polar surface area (TPSA) is 50.2 Å². The molecule has 6 aromatic rings. The van der Waals surface area contributed by atoms with Crippen LogP contribution < -0.4 is 0 Å². The molecule has 1 heterocycles. The van der Waals surface area contributed by atoms with Gasteiger partial charge in [-0.3, -0.25) is 4.79 Å². The molecule has 0 aliphatic carbocycles. The Morgan fingerprint density at radius 1 is 0.673 bits per heavy atom. The van der Waals surface area contributed by atoms with E-state index in [0.717, 1.165) is 22.2 Å². The largest absolute Gasteiger partial charge is 0.512 e. The van der Waals surface area contributed by atoms with Crippen LogP contribution in [0.4, 0.5) is 0 Å². The molecule has 5 aromatic carbocycles. The minimum absolute atomic E-state index is 0. The third kappa shape index (κ3) is 8.55. The number of nitrogens with zero attached hydrogens (tertiary/aromatic N) is 1. The molecule has 0 saturated heterocycles. The Balaban J connectivity index is 0.000000332. The van der Waals surface area contributed by atoms with Crippen molar-refractivity contribution in [2.75, 3.05) is 0 Å². The molecule has 0 atom stereocenters. The summed E-state index contributed by atoms with van der Waals surface area (Å²) in [5.41, 5.74) is 6.26. The molecule has 0 aliphatic rings. The van der Waals surface area contributed by atoms with E-state index >= 15 is 0 Å². The van der Waals surface area contributed by atoms with E-state index in [1.54, 1.807) is 0 Å². The SMILES string of the molecule is CC(C)(C)C(=O)/C=C(\O)C(C)(C)C.Cc1[c-]c(-c2nccc3c2ccc2c4ccccc4ccc32)cc(-c2ccc(C(C)(C)C)cc2)c1.[Ir]. The number of pyridine rings is 1. The van der Waals surface area contributed by atoms with Crippen molar-refractivity contribution in [1.82, 2.24) is 4.98 Å². The fourth-order valence-corrected chi connectivity index (χ4v) is 5.70. The summed E-state index contributed by atoms with van der Waals surface area (Å²) in [6.07, 6.45) is 3.26. The number of rotatable bonds is 3. The average molecular weight is 827 g/mol. The third-order valence-corrected chi connectivity index (χ3v) is 8.79. The Morgan fingerprint density at radius 2 is 1.27 bits per heavy atom. The van der Waals surface area contributed by atoms with E-state index < -0.39 is 5.41 Å². The summed E-state index contributed by atoms with van der Waals surface area (Å²) in [4.78, 5) is 16.3. The molecule has 6 rings (SSSR count). The smallest absolute Gasteiger partial charge is 0.164 e. The molecule has 0 unspecified atom stereocenters. The van der Waals surface area contributed by atoms with Gasteiger partial charge in [-0.25, -0.2) is 0 Å². The molecule has 49 heavy (non-hydrogen) atoms. The van der Waals surface area contributed by atoms with Gasteiger partial charge in [0.1, 0.15) is 5.76 Å². The first-order chi connectivity index (χ1) is 22.4. The molecule has 0 bridgehead atoms. The molecule has 255 valence electrons. The number of allylic oxidation sites excluding steroid dienone is 2. The Hall–Kier alpha value is -4.11. The molecule has 1 aromatic heterocycles. The Labute approximate surface area is 305 Å². The standard InChI is InChI=1S/C34H28N.C11H20O2.Ir/c1-22-19-25(23-9-12-27(13-10-23)34(2,3)4)21-26(20-22)33-32-16-15-29-28-8-6-5-7-24(28)11-14-30(29)31(32)17-18-35-33;1-10(2,3)8(12)7-9(13)11(4,5)6;/h5-19,21H,1-4H3;7,12H,1-6H3;/q-1;;/b;8-7-;. The molecule has 0 spiro atoms. The van der Waals surface area contributed by atoms with Gasteiger partial charge >= 0.3 is 0 Å². The summed E-state index contributed by atoms with van der Waals surface area (Å²) in [6, 6.07) is 36.6. The predicted octanol–water partition coefficient (Wildman–Crippen LogP) is 12.4. The van der Waals surface area contributed by atoms with E-state index in [2.05, 4.69) is 125 Å². The molecular formula is C45H48IrNO2-. The average Bonchev–Trinajstić information content (AvgIpc) is 3.03. The fourth-order valence-electron chi connectivity index (χ4n) is 5.70. The van der Waals surface area contributed by atoms with Crippen molar-refractivity contribution in [3.05, 3.63) is 126 Å². The quantitative estimate of drug-likeness (QED) is 0.0837. The number of aromatic nitrogens is 1. The van der Waals surface area contributed by atoms with Crippen LogP contribution in [-0.4, -0.2) is 15.9 Å². The summed E-state index contributed by atoms with van der Waals surface area (Å²) in [5, 5.41) is 17.0. The predicted molar refractivity (Wildman–Crippen MR) is 205 cm³/mol. The van der Waals surface area contributed by atoms with Gasteiger partial charge in [0.05, 0.1) is 0 Å². The maximum absolute atomic E-state index is 11.5. The number of carbonyl (C=O) groups excluding carboxylic acids is 1. The molecule has 1 radical (unpaired) electrons. The van der Waals surface area contributed by atoms with Crippen LogP contribution in [0.1, 0.15) is 73.4 Å². The van der Waals surface area contributed by atoms with Crippen LogP contribution in [0.5, 0.6) is 0 Å². The van der Waals surface area contributed by atoms with Crippen molar-refractivity contribution in [2.24, 2.45) is 10.8 Å². The first-order valence-electron chi connectivity index (χ1n) is 16.7. The minimum atomic E-state index is -0.417. The maximum Gasteiger partial charge on any atom is 0.164 e. The molecule has 0 amide bonds. The zero-order valence-electron chi connectivity index (χ0n) is 30.5. The van der Waals surface area contributed by atoms with Crippen molar-refractivity contribution < 1.29 is 30.0 Å². The van der Waals surface area contributed by atoms with Crippen molar-refractivity contribution in [3.63, 3.8) is 0 Å². The normalized spacial score (nSPS) is 12.4. The van der Waals surface area contributed by atoms with Gasteiger partial charge in [0, 0.05) is 43.2 Å². The van der Waals surface area contributed by atoms with Gasteiger partial charge in [0.25, 0.3) is 0 Å². The summed E-state index contributed by atoms with van der Waals surface area (Å²) >= 11 is 0. The fraction of sp³-hybridized carbons (Fsp3) is 0.289. The van der Waals surface area contributed by atoms with E-state index in [1.165, 1.54) is 49.7 Å². The molecule has 0 aliphatic heterocycles. The monoisotopic (exact) mass is 827 g/mol. The number of aryl methyl sites for hydroxylation is 1. The van der Waals surface area contributed by atoms with Gasteiger partial charge in [-0.15, -0.1) is 34.9 Å². The van der Waals surface area contributed by atoms with Gasteiger partial charge in [-0.1, -0.05) is 142 Å². The van der Waals surface area contributed by atoms with Crippen molar-refractivity contribution in [3.8, 4) is 22.4 Å². The van der Waals surface area contributed by atoms with Crippen LogP contribution in [0.15, 0.2) is 109 Å². The molecular weight excluding hydrogens is 779 g/mol. The van der Waals surface area contributed by atoms with Gasteiger partial charge in [-0.2, -0.15) is 0 Å². The zero-order valence-corrected chi connectivity index (χ0v) is 32.8. The number of carbonyl (C=O) groups is 1. The van der Waals surface area contributed by atoms with Gasteiger partial charge in [0.2, 0.25) is 0 Å². The first kappa shape index (κ1) is 37.7. The van der Waals surface area contributed by atoms with Crippen molar-refractivity contribution >= 4 is 38.1 Å². The van der Waals surface area contributed by atoms with Crippen LogP contribution in [0.2, 0.25) is 0 Å². The van der Waals surface area contributed by atoms with Gasteiger partial charge < -0.3 is 10.1 Å². The van der Waals surface area contributed by atoms with Gasteiger partial charge in [-0.05, 0) is 60.6 Å². The van der Waals surface area contributed by atoms with E-state index in [4.69, 9.17) is 4.98 Å². The van der Waals surface area contributed by atoms with Crippen molar-refractivity contribution in [2.45, 2.75) is 74.7 Å². The molecule has 3 nitrogen and oxygen atoms in total. The van der Waals surface area contributed by atoms with E-state index in [-0.39, 0.29) is 42.5 Å². The van der Waals surface area contributed by atoms with Gasteiger partial charge in [0.15, 0.2) is 5.78 Å². The molecule has 4 heteroatoms. The Kier molecular flexibility index (Phi) is 11.1. The number of aliphatic hydroxyl groups excluding tert-OH is 1. The van der Waals surface area contributed by atoms with Crippen LogP contribution in [0.3, 0.4) is 0 Å². The van der Waals surface area contributed by atoms with Crippen LogP contribution >= 0.6 is 0 Å². The summed E-state index contributed by atoms with van der Waals surface area (Å²) < 4.78 is 0. The Morgan fingerprint density at radius 3 is 1.90 bits per heavy atom. The number of aliphatic hydroxyl groups is 1. The number of hydrogen-bond acceptors (Lipinski definition) is 3. The number of hydrogen-bond donors (Lipinski definition) is 1. The summed E-state index contributed by atoms with van der Waals surface area (Å²) in [6.45, 7) is 20.0. The third-order valence-electron chi connectivity index (χ3n) is 8.79. The maximum atomic E-state index is 11.5. The van der Waals surface area contributed by atoms with E-state index in [0.29, 0.717) is 0 Å². The van der Waals surface area contributed by atoms with Crippen molar-refractivity contribution in [1.29, 1.82) is 0 Å². The second-order valence-electron chi connectivity index (χ2n) is 15.9. The van der Waals surface area contributed by atoms with E-state index in [1.807, 2.05) is 47.7 Å². The Bertz CT molecular complexity index is 2150. The number of fused-ring (bicyclic) bond motifs is 5. The van der Waals surface area contributed by atoms with Crippen LogP contribution in [0, 0.1) is 23.8 Å². The number of benzene rings is 5. The second kappa shape index (κ2) is 14.4. The molecule has 0 saturated carbocycles. The van der Waals surface area contributed by atoms with Crippen LogP contribution in [-0.2, 0) is 30.3 Å². The molecule has 0 fully saturated rings. The second-order valence-corrected chi connectivity index (χ2v) is 15.9. The minimum Gasteiger partial charge on any atom is -0.512 e. The summed E-state index contributed by atoms with van der Waals surface area (Å²) in [7, 11) is 0. The number of ketones is 1. The van der Waals surface area contributed by atoms with Crippen LogP contribution in [0.25, 0.3) is 54.7 Å².